The highest BCUT2D eigenvalue weighted by Gasteiger charge is 2.30. The third-order valence-corrected chi connectivity index (χ3v) is 4.74. The molecule has 2 N–H and O–H groups in total. The zero-order valence-electron chi connectivity index (χ0n) is 10.9. The largest absolute Gasteiger partial charge is 0.394 e. The molecule has 0 saturated heterocycles. The van der Waals surface area contributed by atoms with Gasteiger partial charge in [-0.3, -0.25) is 0 Å². The molecule has 0 aromatic heterocycles. The summed E-state index contributed by atoms with van der Waals surface area (Å²) in [6.45, 7) is 1.25. The van der Waals surface area contributed by atoms with Gasteiger partial charge in [-0.15, -0.1) is 11.8 Å². The summed E-state index contributed by atoms with van der Waals surface area (Å²) in [5.41, 5.74) is 0.00942. The van der Waals surface area contributed by atoms with Gasteiger partial charge < -0.3 is 10.4 Å². The first-order valence-electron chi connectivity index (χ1n) is 6.88. The first-order valence-corrected chi connectivity index (χ1v) is 7.87. The molecule has 18 heavy (non-hydrogen) atoms. The Morgan fingerprint density at radius 3 is 2.50 bits per heavy atom. The number of nitrogens with one attached hydrogen (secondary N) is 1. The molecule has 0 aliphatic heterocycles. The number of rotatable bonds is 6. The summed E-state index contributed by atoms with van der Waals surface area (Å²) in [6.07, 6.45) is 6.07. The van der Waals surface area contributed by atoms with Crippen LogP contribution < -0.4 is 5.32 Å². The van der Waals surface area contributed by atoms with Crippen LogP contribution in [-0.2, 0) is 0 Å². The van der Waals surface area contributed by atoms with Crippen LogP contribution in [0.5, 0.6) is 0 Å². The van der Waals surface area contributed by atoms with Gasteiger partial charge >= 0.3 is 0 Å². The van der Waals surface area contributed by atoms with Crippen LogP contribution in [0.1, 0.15) is 32.1 Å². The van der Waals surface area contributed by atoms with Crippen molar-refractivity contribution in [2.75, 3.05) is 18.9 Å². The highest BCUT2D eigenvalue weighted by molar-refractivity contribution is 7.99. The molecule has 1 aromatic rings. The second-order valence-electron chi connectivity index (χ2n) is 5.09. The molecular weight excluding hydrogens is 242 g/mol. The van der Waals surface area contributed by atoms with Gasteiger partial charge in [0.1, 0.15) is 0 Å². The Kier molecular flexibility index (Phi) is 5.54. The lowest BCUT2D eigenvalue weighted by molar-refractivity contribution is 0.123. The van der Waals surface area contributed by atoms with Gasteiger partial charge in [-0.2, -0.15) is 0 Å². The first-order chi connectivity index (χ1) is 8.85. The summed E-state index contributed by atoms with van der Waals surface area (Å²) in [4.78, 5) is 1.32. The molecule has 0 spiro atoms. The maximum absolute atomic E-state index is 9.59. The van der Waals surface area contributed by atoms with E-state index < -0.39 is 0 Å². The second kappa shape index (κ2) is 7.17. The predicted octanol–water partition coefficient (Wildman–Crippen LogP) is 3.06. The topological polar surface area (TPSA) is 32.3 Å². The molecule has 0 unspecified atom stereocenters. The van der Waals surface area contributed by atoms with E-state index in [1.54, 1.807) is 0 Å². The van der Waals surface area contributed by atoms with Gasteiger partial charge in [-0.05, 0) is 25.0 Å². The lowest BCUT2D eigenvalue weighted by Gasteiger charge is -2.36. The van der Waals surface area contributed by atoms with Crippen LogP contribution in [0, 0.1) is 0 Å². The Balaban J connectivity index is 1.71. The maximum Gasteiger partial charge on any atom is 0.0613 e. The fourth-order valence-corrected chi connectivity index (χ4v) is 3.41. The number of benzene rings is 1. The lowest BCUT2D eigenvalue weighted by Crippen LogP contribution is -2.50. The predicted molar refractivity (Wildman–Crippen MR) is 78.1 cm³/mol. The summed E-state index contributed by atoms with van der Waals surface area (Å²) in [6, 6.07) is 10.5. The minimum absolute atomic E-state index is 0.00942. The lowest BCUT2D eigenvalue weighted by atomic mass is 9.82. The van der Waals surface area contributed by atoms with Crippen LogP contribution >= 0.6 is 11.8 Å². The molecule has 0 heterocycles. The van der Waals surface area contributed by atoms with Gasteiger partial charge in [0, 0.05) is 22.7 Å². The Labute approximate surface area is 114 Å². The Hall–Kier alpha value is -0.510. The van der Waals surface area contributed by atoms with Crippen LogP contribution in [0.25, 0.3) is 0 Å². The SMILES string of the molecule is OCC1(NCCSc2ccccc2)CCCCC1. The average Bonchev–Trinajstić information content (AvgIpc) is 2.46. The quantitative estimate of drug-likeness (QED) is 0.612. The highest BCUT2D eigenvalue weighted by Crippen LogP contribution is 2.27. The third-order valence-electron chi connectivity index (χ3n) is 3.73. The Bertz CT molecular complexity index is 336. The van der Waals surface area contributed by atoms with E-state index in [0.29, 0.717) is 0 Å². The molecule has 2 rings (SSSR count). The van der Waals surface area contributed by atoms with Crippen molar-refractivity contribution in [2.45, 2.75) is 42.5 Å². The number of hydrogen-bond donors (Lipinski definition) is 2. The van der Waals surface area contributed by atoms with Crippen molar-refractivity contribution in [3.8, 4) is 0 Å². The first kappa shape index (κ1) is 13.9. The molecular formula is C15H23NOS. The van der Waals surface area contributed by atoms with Crippen LogP contribution in [0.15, 0.2) is 35.2 Å². The van der Waals surface area contributed by atoms with E-state index in [9.17, 15) is 5.11 Å². The van der Waals surface area contributed by atoms with Gasteiger partial charge in [-0.25, -0.2) is 0 Å². The summed E-state index contributed by atoms with van der Waals surface area (Å²) in [5, 5.41) is 13.2. The highest BCUT2D eigenvalue weighted by atomic mass is 32.2. The van der Waals surface area contributed by atoms with Crippen molar-refractivity contribution in [3.63, 3.8) is 0 Å². The molecule has 1 aromatic carbocycles. The minimum Gasteiger partial charge on any atom is -0.394 e. The Morgan fingerprint density at radius 2 is 1.83 bits per heavy atom. The van der Waals surface area contributed by atoms with Crippen molar-refractivity contribution in [1.29, 1.82) is 0 Å². The van der Waals surface area contributed by atoms with Crippen molar-refractivity contribution in [2.24, 2.45) is 0 Å². The van der Waals surface area contributed by atoms with Crippen LogP contribution in [0.4, 0.5) is 0 Å². The normalized spacial score (nSPS) is 18.7. The summed E-state index contributed by atoms with van der Waals surface area (Å²) >= 11 is 1.87. The molecule has 1 aliphatic carbocycles. The summed E-state index contributed by atoms with van der Waals surface area (Å²) < 4.78 is 0. The van der Waals surface area contributed by atoms with Crippen molar-refractivity contribution in [3.05, 3.63) is 30.3 Å². The number of aliphatic hydroxyl groups excluding tert-OH is 1. The zero-order valence-corrected chi connectivity index (χ0v) is 11.7. The summed E-state index contributed by atoms with van der Waals surface area (Å²) in [5.74, 6) is 1.06. The molecule has 1 saturated carbocycles. The van der Waals surface area contributed by atoms with Gasteiger partial charge in [-0.1, -0.05) is 37.5 Å². The molecule has 1 aliphatic rings. The van der Waals surface area contributed by atoms with E-state index in [1.165, 1.54) is 24.2 Å². The van der Waals surface area contributed by atoms with Crippen molar-refractivity contribution < 1.29 is 5.11 Å². The fourth-order valence-electron chi connectivity index (χ4n) is 2.62. The van der Waals surface area contributed by atoms with Gasteiger partial charge in [0.2, 0.25) is 0 Å². The van der Waals surface area contributed by atoms with E-state index >= 15 is 0 Å². The fraction of sp³-hybridized carbons (Fsp3) is 0.600. The van der Waals surface area contributed by atoms with E-state index in [4.69, 9.17) is 0 Å². The zero-order chi connectivity index (χ0) is 12.7. The minimum atomic E-state index is 0.00942. The summed E-state index contributed by atoms with van der Waals surface area (Å²) in [7, 11) is 0. The van der Waals surface area contributed by atoms with Gasteiger partial charge in [0.15, 0.2) is 0 Å². The van der Waals surface area contributed by atoms with Crippen molar-refractivity contribution in [1.82, 2.24) is 5.32 Å². The van der Waals surface area contributed by atoms with E-state index in [2.05, 4.69) is 29.6 Å². The van der Waals surface area contributed by atoms with Crippen LogP contribution in [0.3, 0.4) is 0 Å². The van der Waals surface area contributed by atoms with Crippen LogP contribution in [-0.4, -0.2) is 29.5 Å². The number of hydrogen-bond acceptors (Lipinski definition) is 3. The van der Waals surface area contributed by atoms with E-state index in [-0.39, 0.29) is 12.1 Å². The maximum atomic E-state index is 9.59. The number of aliphatic hydroxyl groups is 1. The molecule has 0 atom stereocenters. The third kappa shape index (κ3) is 4.01. The van der Waals surface area contributed by atoms with E-state index in [0.717, 1.165) is 25.1 Å². The molecule has 3 heteroatoms. The molecule has 1 fully saturated rings. The van der Waals surface area contributed by atoms with E-state index in [1.807, 2.05) is 17.8 Å². The van der Waals surface area contributed by atoms with Gasteiger partial charge in [0.25, 0.3) is 0 Å². The second-order valence-corrected chi connectivity index (χ2v) is 6.26. The Morgan fingerprint density at radius 1 is 1.11 bits per heavy atom. The van der Waals surface area contributed by atoms with Crippen LogP contribution in [0.2, 0.25) is 0 Å². The molecule has 100 valence electrons. The molecule has 0 amide bonds. The van der Waals surface area contributed by atoms with Gasteiger partial charge in [0.05, 0.1) is 6.61 Å². The molecule has 0 bridgehead atoms. The smallest absolute Gasteiger partial charge is 0.0613 e. The number of thioether (sulfide) groups is 1. The standard InChI is InChI=1S/C15H23NOS/c17-13-15(9-5-2-6-10-15)16-11-12-18-14-7-3-1-4-8-14/h1,3-4,7-8,16-17H,2,5-6,9-13H2. The molecule has 0 radical (unpaired) electrons. The van der Waals surface area contributed by atoms with Crippen molar-refractivity contribution >= 4 is 11.8 Å². The molecule has 2 nitrogen and oxygen atoms in total. The average molecular weight is 265 g/mol. The monoisotopic (exact) mass is 265 g/mol.